The smallest absolute Gasteiger partial charge is 0.223 e. The number of hydrogen-bond donors (Lipinski definition) is 1. The van der Waals surface area contributed by atoms with Crippen LogP contribution in [0.3, 0.4) is 0 Å². The first-order valence-electron chi connectivity index (χ1n) is 10.6. The van der Waals surface area contributed by atoms with Crippen LogP contribution in [0.2, 0.25) is 0 Å². The van der Waals surface area contributed by atoms with Gasteiger partial charge in [-0.15, -0.1) is 0 Å². The molecular weight excluding hydrogens is 360 g/mol. The van der Waals surface area contributed by atoms with Gasteiger partial charge in [-0.05, 0) is 30.2 Å². The molecule has 2 aromatic rings. The van der Waals surface area contributed by atoms with E-state index in [-0.39, 0.29) is 11.3 Å². The highest BCUT2D eigenvalue weighted by Crippen LogP contribution is 2.52. The monoisotopic (exact) mass is 390 g/mol. The Balaban J connectivity index is 1.74. The predicted molar refractivity (Wildman–Crippen MR) is 118 cm³/mol. The molecule has 0 bridgehead atoms. The molecule has 4 rings (SSSR count). The van der Waals surface area contributed by atoms with Gasteiger partial charge in [0.1, 0.15) is 11.4 Å². The van der Waals surface area contributed by atoms with E-state index in [2.05, 4.69) is 73.5 Å². The van der Waals surface area contributed by atoms with Crippen LogP contribution >= 0.6 is 0 Å². The highest BCUT2D eigenvalue weighted by atomic mass is 16.5. The third-order valence-electron chi connectivity index (χ3n) is 6.32. The fourth-order valence-corrected chi connectivity index (χ4v) is 4.61. The van der Waals surface area contributed by atoms with Crippen LogP contribution in [-0.2, 0) is 10.2 Å². The number of nitrogens with zero attached hydrogens (tertiary/aromatic N) is 1. The van der Waals surface area contributed by atoms with E-state index in [1.165, 1.54) is 11.3 Å². The molecule has 0 spiro atoms. The van der Waals surface area contributed by atoms with E-state index in [0.717, 1.165) is 24.2 Å². The van der Waals surface area contributed by atoms with Crippen molar-refractivity contribution in [1.82, 2.24) is 5.32 Å². The lowest BCUT2D eigenvalue weighted by Gasteiger charge is -2.49. The Morgan fingerprint density at radius 1 is 1.14 bits per heavy atom. The topological polar surface area (TPSA) is 41.6 Å². The maximum absolute atomic E-state index is 12.5. The number of carbonyl (C=O) groups excluding carboxylic acids is 1. The van der Waals surface area contributed by atoms with E-state index in [1.807, 2.05) is 18.2 Å². The van der Waals surface area contributed by atoms with E-state index in [4.69, 9.17) is 4.74 Å². The maximum atomic E-state index is 12.5. The van der Waals surface area contributed by atoms with Crippen LogP contribution in [0.4, 0.5) is 5.69 Å². The zero-order valence-corrected chi connectivity index (χ0v) is 17.6. The van der Waals surface area contributed by atoms with Crippen molar-refractivity contribution in [2.75, 3.05) is 18.1 Å². The lowest BCUT2D eigenvalue weighted by atomic mass is 9.74. The summed E-state index contributed by atoms with van der Waals surface area (Å²) in [4.78, 5) is 14.9. The summed E-state index contributed by atoms with van der Waals surface area (Å²) >= 11 is 0. The SMILES string of the molecule is CCCCOc1ccccc1C=C[C@]12NC(=O)CCN1c1ccccc1C2(C)C. The van der Waals surface area contributed by atoms with Crippen LogP contribution in [0.1, 0.15) is 51.2 Å². The number of anilines is 1. The first-order valence-corrected chi connectivity index (χ1v) is 10.6. The summed E-state index contributed by atoms with van der Waals surface area (Å²) in [5, 5.41) is 3.33. The molecule has 0 unspecified atom stereocenters. The van der Waals surface area contributed by atoms with Gasteiger partial charge in [-0.1, -0.05) is 69.7 Å². The molecule has 2 heterocycles. The molecule has 0 saturated carbocycles. The molecule has 1 fully saturated rings. The highest BCUT2D eigenvalue weighted by molar-refractivity contribution is 5.84. The van der Waals surface area contributed by atoms with Gasteiger partial charge in [0.15, 0.2) is 0 Å². The molecule has 0 aromatic heterocycles. The van der Waals surface area contributed by atoms with Crippen molar-refractivity contribution in [3.63, 3.8) is 0 Å². The molecule has 2 aromatic carbocycles. The molecule has 2 aliphatic heterocycles. The second kappa shape index (κ2) is 7.58. The molecule has 1 atom stereocenters. The van der Waals surface area contributed by atoms with Crippen LogP contribution in [0.5, 0.6) is 5.75 Å². The molecule has 2 aliphatic rings. The number of para-hydroxylation sites is 2. The molecular formula is C25H30N2O2. The molecule has 1 amide bonds. The Morgan fingerprint density at radius 3 is 2.72 bits per heavy atom. The minimum atomic E-state index is -0.595. The summed E-state index contributed by atoms with van der Waals surface area (Å²) in [5.41, 5.74) is 2.63. The number of nitrogens with one attached hydrogen (secondary N) is 1. The number of unbranched alkanes of at least 4 members (excludes halogenated alkanes) is 1. The predicted octanol–water partition coefficient (Wildman–Crippen LogP) is 4.89. The van der Waals surface area contributed by atoms with Gasteiger partial charge >= 0.3 is 0 Å². The van der Waals surface area contributed by atoms with E-state index >= 15 is 0 Å². The first kappa shape index (κ1) is 19.6. The van der Waals surface area contributed by atoms with Crippen LogP contribution in [0.15, 0.2) is 54.6 Å². The lowest BCUT2D eigenvalue weighted by Crippen LogP contribution is -2.68. The maximum Gasteiger partial charge on any atom is 0.223 e. The van der Waals surface area contributed by atoms with Crippen molar-refractivity contribution in [3.8, 4) is 5.75 Å². The minimum absolute atomic E-state index is 0.0965. The van der Waals surface area contributed by atoms with E-state index in [0.29, 0.717) is 19.6 Å². The van der Waals surface area contributed by atoms with E-state index in [9.17, 15) is 4.79 Å². The molecule has 4 heteroatoms. The van der Waals surface area contributed by atoms with Gasteiger partial charge in [0.05, 0.1) is 6.61 Å². The van der Waals surface area contributed by atoms with E-state index in [1.54, 1.807) is 0 Å². The Hall–Kier alpha value is -2.75. The molecule has 1 N–H and O–H groups in total. The summed E-state index contributed by atoms with van der Waals surface area (Å²) < 4.78 is 6.01. The second-order valence-electron chi connectivity index (χ2n) is 8.43. The van der Waals surface area contributed by atoms with Gasteiger partial charge in [-0.2, -0.15) is 0 Å². The van der Waals surface area contributed by atoms with Crippen molar-refractivity contribution in [1.29, 1.82) is 0 Å². The number of amides is 1. The fraction of sp³-hybridized carbons (Fsp3) is 0.400. The van der Waals surface area contributed by atoms with E-state index < -0.39 is 5.66 Å². The van der Waals surface area contributed by atoms with Gasteiger partial charge in [-0.3, -0.25) is 4.79 Å². The summed E-state index contributed by atoms with van der Waals surface area (Å²) in [6, 6.07) is 16.6. The molecule has 0 aliphatic carbocycles. The van der Waals surface area contributed by atoms with Crippen LogP contribution in [0.25, 0.3) is 6.08 Å². The van der Waals surface area contributed by atoms with Crippen molar-refractivity contribution in [2.24, 2.45) is 0 Å². The summed E-state index contributed by atoms with van der Waals surface area (Å²) in [6.45, 7) is 8.02. The van der Waals surface area contributed by atoms with Crippen LogP contribution in [0, 0.1) is 0 Å². The summed E-state index contributed by atoms with van der Waals surface area (Å²) in [5.74, 6) is 0.981. The average Bonchev–Trinajstić information content (AvgIpc) is 2.91. The van der Waals surface area contributed by atoms with Gasteiger partial charge in [0, 0.05) is 29.6 Å². The Labute approximate surface area is 173 Å². The zero-order chi connectivity index (χ0) is 20.5. The van der Waals surface area contributed by atoms with Crippen molar-refractivity contribution in [2.45, 2.75) is 51.1 Å². The zero-order valence-electron chi connectivity index (χ0n) is 17.6. The molecule has 0 radical (unpaired) electrons. The second-order valence-corrected chi connectivity index (χ2v) is 8.43. The van der Waals surface area contributed by atoms with Gasteiger partial charge in [-0.25, -0.2) is 0 Å². The van der Waals surface area contributed by atoms with Gasteiger partial charge < -0.3 is 15.0 Å². The van der Waals surface area contributed by atoms with Gasteiger partial charge in [0.2, 0.25) is 5.91 Å². The Bertz CT molecular complexity index is 934. The lowest BCUT2D eigenvalue weighted by molar-refractivity contribution is -0.124. The summed E-state index contributed by atoms with van der Waals surface area (Å²) in [6.07, 6.45) is 6.92. The molecule has 1 saturated heterocycles. The average molecular weight is 391 g/mol. The molecule has 29 heavy (non-hydrogen) atoms. The van der Waals surface area contributed by atoms with Crippen molar-refractivity contribution < 1.29 is 9.53 Å². The van der Waals surface area contributed by atoms with Crippen molar-refractivity contribution >= 4 is 17.7 Å². The minimum Gasteiger partial charge on any atom is -0.493 e. The number of ether oxygens (including phenoxy) is 1. The number of hydrogen-bond acceptors (Lipinski definition) is 3. The quantitative estimate of drug-likeness (QED) is 0.714. The largest absolute Gasteiger partial charge is 0.493 e. The first-order chi connectivity index (χ1) is 14.0. The van der Waals surface area contributed by atoms with Crippen LogP contribution < -0.4 is 15.0 Å². The molecule has 4 nitrogen and oxygen atoms in total. The summed E-state index contributed by atoms with van der Waals surface area (Å²) in [7, 11) is 0. The molecule has 152 valence electrons. The van der Waals surface area contributed by atoms with Gasteiger partial charge in [0.25, 0.3) is 0 Å². The van der Waals surface area contributed by atoms with Crippen molar-refractivity contribution in [3.05, 3.63) is 65.7 Å². The standard InChI is InChI=1S/C25H30N2O2/c1-4-5-18-29-22-13-9-6-10-19(22)14-16-25-24(2,3)20-11-7-8-12-21(20)27(25)17-15-23(28)26-25/h6-14,16H,4-5,15,17-18H2,1-3H3,(H,26,28)/t25-/m0/s1. The fourth-order valence-electron chi connectivity index (χ4n) is 4.61. The normalized spacial score (nSPS) is 22.3. The Kier molecular flexibility index (Phi) is 5.12. The Morgan fingerprint density at radius 2 is 1.90 bits per heavy atom. The number of carbonyl (C=O) groups is 1. The third kappa shape index (κ3) is 3.21. The number of benzene rings is 2. The van der Waals surface area contributed by atoms with Crippen LogP contribution in [-0.4, -0.2) is 24.7 Å². The number of fused-ring (bicyclic) bond motifs is 3. The number of rotatable bonds is 6. The highest BCUT2D eigenvalue weighted by Gasteiger charge is 2.57. The third-order valence-corrected chi connectivity index (χ3v) is 6.32.